The number of carbonyl (C=O) groups excluding carboxylic acids is 1. The maximum absolute atomic E-state index is 12.0. The first-order valence-electron chi connectivity index (χ1n) is 6.15. The SMILES string of the molecule is Nc1cc(C(=O)NCCc2cccnc2)c([N+](=O)[O-])cn1. The van der Waals surface area contributed by atoms with Gasteiger partial charge in [-0.3, -0.25) is 19.9 Å². The summed E-state index contributed by atoms with van der Waals surface area (Å²) in [5, 5.41) is 13.5. The van der Waals surface area contributed by atoms with Gasteiger partial charge in [-0.2, -0.15) is 0 Å². The normalized spacial score (nSPS) is 10.1. The summed E-state index contributed by atoms with van der Waals surface area (Å²) in [6.07, 6.45) is 4.91. The topological polar surface area (TPSA) is 124 Å². The third-order valence-electron chi connectivity index (χ3n) is 2.77. The Bertz CT molecular complexity index is 660. The van der Waals surface area contributed by atoms with E-state index in [-0.39, 0.29) is 17.1 Å². The minimum absolute atomic E-state index is 0.0537. The summed E-state index contributed by atoms with van der Waals surface area (Å²) in [5.41, 5.74) is 5.95. The van der Waals surface area contributed by atoms with Crippen molar-refractivity contribution in [3.8, 4) is 0 Å². The van der Waals surface area contributed by atoms with Crippen LogP contribution in [0, 0.1) is 10.1 Å². The number of carbonyl (C=O) groups is 1. The maximum Gasteiger partial charge on any atom is 0.300 e. The van der Waals surface area contributed by atoms with Gasteiger partial charge in [-0.05, 0) is 24.1 Å². The van der Waals surface area contributed by atoms with Gasteiger partial charge in [0.05, 0.1) is 4.92 Å². The summed E-state index contributed by atoms with van der Waals surface area (Å²) in [6.45, 7) is 0.337. The predicted octanol–water partition coefficient (Wildman–Crippen LogP) is 0.939. The standard InChI is InChI=1S/C13H13N5O3/c14-12-6-10(11(8-17-12)18(20)21)13(19)16-5-3-9-2-1-4-15-7-9/h1-2,4,6-8H,3,5H2,(H2,14,17)(H,16,19). The van der Waals surface area contributed by atoms with Crippen molar-refractivity contribution in [1.82, 2.24) is 15.3 Å². The predicted molar refractivity (Wildman–Crippen MR) is 75.6 cm³/mol. The second-order valence-electron chi connectivity index (χ2n) is 4.25. The molecule has 8 nitrogen and oxygen atoms in total. The summed E-state index contributed by atoms with van der Waals surface area (Å²) >= 11 is 0. The Hall–Kier alpha value is -3.03. The molecule has 0 atom stereocenters. The molecule has 0 aliphatic heterocycles. The highest BCUT2D eigenvalue weighted by Gasteiger charge is 2.20. The number of nitrogens with zero attached hydrogens (tertiary/aromatic N) is 3. The van der Waals surface area contributed by atoms with Crippen molar-refractivity contribution in [1.29, 1.82) is 0 Å². The number of amides is 1. The monoisotopic (exact) mass is 287 g/mol. The molecular formula is C13H13N5O3. The van der Waals surface area contributed by atoms with Gasteiger partial charge in [-0.25, -0.2) is 4.98 Å². The van der Waals surface area contributed by atoms with Crippen molar-refractivity contribution >= 4 is 17.4 Å². The molecule has 0 radical (unpaired) electrons. The molecule has 8 heteroatoms. The lowest BCUT2D eigenvalue weighted by atomic mass is 10.2. The number of rotatable bonds is 5. The van der Waals surface area contributed by atoms with E-state index in [1.807, 2.05) is 6.07 Å². The van der Waals surface area contributed by atoms with Crippen LogP contribution in [0.25, 0.3) is 0 Å². The highest BCUT2D eigenvalue weighted by atomic mass is 16.6. The first-order valence-corrected chi connectivity index (χ1v) is 6.15. The Morgan fingerprint density at radius 1 is 1.43 bits per heavy atom. The van der Waals surface area contributed by atoms with Crippen LogP contribution in [-0.4, -0.2) is 27.3 Å². The third-order valence-corrected chi connectivity index (χ3v) is 2.77. The van der Waals surface area contributed by atoms with E-state index in [4.69, 9.17) is 5.73 Å². The van der Waals surface area contributed by atoms with Gasteiger partial charge in [-0.15, -0.1) is 0 Å². The van der Waals surface area contributed by atoms with Gasteiger partial charge in [0.25, 0.3) is 11.6 Å². The van der Waals surface area contributed by atoms with Crippen LogP contribution in [0.5, 0.6) is 0 Å². The number of nitrogens with one attached hydrogen (secondary N) is 1. The van der Waals surface area contributed by atoms with Crippen molar-refractivity contribution in [3.05, 3.63) is 58.0 Å². The Morgan fingerprint density at radius 2 is 2.24 bits per heavy atom. The van der Waals surface area contributed by atoms with E-state index in [0.29, 0.717) is 13.0 Å². The van der Waals surface area contributed by atoms with E-state index in [0.717, 1.165) is 11.8 Å². The molecule has 2 aromatic heterocycles. The maximum atomic E-state index is 12.0. The fourth-order valence-electron chi connectivity index (χ4n) is 1.75. The van der Waals surface area contributed by atoms with Crippen LogP contribution in [-0.2, 0) is 6.42 Å². The largest absolute Gasteiger partial charge is 0.384 e. The van der Waals surface area contributed by atoms with Gasteiger partial charge >= 0.3 is 0 Å². The van der Waals surface area contributed by atoms with E-state index in [2.05, 4.69) is 15.3 Å². The highest BCUT2D eigenvalue weighted by Crippen LogP contribution is 2.18. The van der Waals surface area contributed by atoms with Crippen LogP contribution in [0.2, 0.25) is 0 Å². The van der Waals surface area contributed by atoms with Crippen molar-refractivity contribution in [2.75, 3.05) is 12.3 Å². The highest BCUT2D eigenvalue weighted by molar-refractivity contribution is 5.98. The number of nitrogen functional groups attached to an aromatic ring is 1. The third kappa shape index (κ3) is 3.72. The van der Waals surface area contributed by atoms with Crippen LogP contribution in [0.15, 0.2) is 36.8 Å². The molecule has 2 aromatic rings. The molecule has 0 bridgehead atoms. The molecule has 0 unspecified atom stereocenters. The lowest BCUT2D eigenvalue weighted by molar-refractivity contribution is -0.385. The van der Waals surface area contributed by atoms with Gasteiger partial charge in [0.15, 0.2) is 0 Å². The number of nitro groups is 1. The van der Waals surface area contributed by atoms with Crippen molar-refractivity contribution in [2.45, 2.75) is 6.42 Å². The minimum atomic E-state index is -0.664. The van der Waals surface area contributed by atoms with Crippen LogP contribution in [0.1, 0.15) is 15.9 Å². The van der Waals surface area contributed by atoms with E-state index < -0.39 is 10.8 Å². The summed E-state index contributed by atoms with van der Waals surface area (Å²) in [6, 6.07) is 4.87. The molecule has 108 valence electrons. The molecule has 0 saturated carbocycles. The fraction of sp³-hybridized carbons (Fsp3) is 0.154. The summed E-state index contributed by atoms with van der Waals surface area (Å²) < 4.78 is 0. The lowest BCUT2D eigenvalue weighted by Gasteiger charge is -2.06. The number of pyridine rings is 2. The fourth-order valence-corrected chi connectivity index (χ4v) is 1.75. The molecule has 0 spiro atoms. The van der Waals surface area contributed by atoms with Gasteiger partial charge in [0, 0.05) is 18.9 Å². The van der Waals surface area contributed by atoms with Gasteiger partial charge in [-0.1, -0.05) is 6.07 Å². The number of hydrogen-bond donors (Lipinski definition) is 2. The zero-order valence-corrected chi connectivity index (χ0v) is 11.0. The van der Waals surface area contributed by atoms with Crippen LogP contribution in [0.4, 0.5) is 11.5 Å². The Labute approximate surface area is 120 Å². The lowest BCUT2D eigenvalue weighted by Crippen LogP contribution is -2.26. The quantitative estimate of drug-likeness (QED) is 0.623. The van der Waals surface area contributed by atoms with Crippen LogP contribution >= 0.6 is 0 Å². The molecule has 2 rings (SSSR count). The second-order valence-corrected chi connectivity index (χ2v) is 4.25. The summed E-state index contributed by atoms with van der Waals surface area (Å²) in [4.78, 5) is 29.8. The zero-order valence-electron chi connectivity index (χ0n) is 11.0. The molecule has 21 heavy (non-hydrogen) atoms. The number of hydrogen-bond acceptors (Lipinski definition) is 6. The van der Waals surface area contributed by atoms with E-state index >= 15 is 0 Å². The van der Waals surface area contributed by atoms with Crippen molar-refractivity contribution in [3.63, 3.8) is 0 Å². The molecule has 0 aliphatic carbocycles. The summed E-state index contributed by atoms with van der Waals surface area (Å²) in [5.74, 6) is -0.502. The molecule has 1 amide bonds. The molecular weight excluding hydrogens is 274 g/mol. The first-order chi connectivity index (χ1) is 10.1. The molecule has 2 heterocycles. The molecule has 3 N–H and O–H groups in total. The number of anilines is 1. The molecule has 0 aliphatic rings. The van der Waals surface area contributed by atoms with Gasteiger partial charge in [0.2, 0.25) is 0 Å². The van der Waals surface area contributed by atoms with Crippen LogP contribution in [0.3, 0.4) is 0 Å². The average Bonchev–Trinajstić information content (AvgIpc) is 2.47. The van der Waals surface area contributed by atoms with Gasteiger partial charge in [0.1, 0.15) is 17.6 Å². The summed E-state index contributed by atoms with van der Waals surface area (Å²) in [7, 11) is 0. The molecule has 0 aromatic carbocycles. The number of nitrogens with two attached hydrogens (primary N) is 1. The second kappa shape index (κ2) is 6.42. The average molecular weight is 287 g/mol. The first kappa shape index (κ1) is 14.4. The van der Waals surface area contributed by atoms with E-state index in [9.17, 15) is 14.9 Å². The van der Waals surface area contributed by atoms with Crippen LogP contribution < -0.4 is 11.1 Å². The Balaban J connectivity index is 2.03. The van der Waals surface area contributed by atoms with Crippen molar-refractivity contribution < 1.29 is 9.72 Å². The molecule has 0 fully saturated rings. The smallest absolute Gasteiger partial charge is 0.300 e. The zero-order chi connectivity index (χ0) is 15.2. The van der Waals surface area contributed by atoms with E-state index in [1.165, 1.54) is 6.07 Å². The minimum Gasteiger partial charge on any atom is -0.384 e. The Kier molecular flexibility index (Phi) is 4.39. The number of aromatic nitrogens is 2. The van der Waals surface area contributed by atoms with Gasteiger partial charge < -0.3 is 11.1 Å². The molecule has 0 saturated heterocycles. The Morgan fingerprint density at radius 3 is 2.90 bits per heavy atom. The van der Waals surface area contributed by atoms with Crippen molar-refractivity contribution in [2.24, 2.45) is 0 Å². The van der Waals surface area contributed by atoms with E-state index in [1.54, 1.807) is 18.5 Å².